The Balaban J connectivity index is 1.62. The fourth-order valence-electron chi connectivity index (χ4n) is 8.21. The molecule has 70 heavy (non-hydrogen) atoms. The molecule has 4 aromatic carbocycles. The summed E-state index contributed by atoms with van der Waals surface area (Å²) in [5.74, 6) is -33.8. The number of hydrogen-bond donors (Lipinski definition) is 2. The molecule has 0 fully saturated rings. The van der Waals surface area contributed by atoms with Gasteiger partial charge in [0.25, 0.3) is 0 Å². The van der Waals surface area contributed by atoms with E-state index in [1.54, 1.807) is 0 Å². The molecule has 3 aromatic heterocycles. The minimum absolute atomic E-state index is 0.658. The smallest absolute Gasteiger partial charge is 0.246 e. The summed E-state index contributed by atoms with van der Waals surface area (Å²) in [5.41, 5.74) is -20.8. The molecule has 360 valence electrons. The molecule has 0 saturated carbocycles. The van der Waals surface area contributed by atoms with Crippen LogP contribution in [0.5, 0.6) is 5.88 Å². The van der Waals surface area contributed by atoms with Gasteiger partial charge in [0.1, 0.15) is 5.69 Å². The quantitative estimate of drug-likeness (QED) is 0.133. The molecule has 7 aromatic rings. The first-order valence-corrected chi connectivity index (χ1v) is 20.0. The minimum atomic E-state index is -2.21. The van der Waals surface area contributed by atoms with Gasteiger partial charge in [0.15, 0.2) is 93.1 Å². The Hall–Kier alpha value is -7.62. The minimum Gasteiger partial charge on any atom is -0.441 e. The number of nitrogens with one attached hydrogen (secondary N) is 2. The predicted molar refractivity (Wildman–Crippen MR) is 220 cm³/mol. The van der Waals surface area contributed by atoms with E-state index < -0.39 is 211 Å². The molecule has 0 amide bonds. The van der Waals surface area contributed by atoms with E-state index in [1.807, 2.05) is 0 Å². The highest BCUT2D eigenvalue weighted by Crippen LogP contribution is 2.47. The third-order valence-electron chi connectivity index (χ3n) is 11.9. The summed E-state index contributed by atoms with van der Waals surface area (Å²) >= 11 is 0. The van der Waals surface area contributed by atoms with Gasteiger partial charge >= 0.3 is 0 Å². The number of rotatable bonds is 5. The maximum Gasteiger partial charge on any atom is 0.246 e. The monoisotopic (exact) mass is 992 g/mol. The zero-order chi connectivity index (χ0) is 50.8. The number of nitrogens with zero attached hydrogens (tertiary/aromatic N) is 2. The van der Waals surface area contributed by atoms with Crippen molar-refractivity contribution in [1.82, 2.24) is 19.9 Å². The Kier molecular flexibility index (Phi) is 11.4. The molecule has 0 radical (unpaired) electrons. The summed E-state index contributed by atoms with van der Waals surface area (Å²) in [4.78, 5) is 13.2. The highest BCUT2D eigenvalue weighted by Gasteiger charge is 2.37. The van der Waals surface area contributed by atoms with E-state index in [-0.39, 0.29) is 0 Å². The van der Waals surface area contributed by atoms with Crippen molar-refractivity contribution in [3.63, 3.8) is 0 Å². The fraction of sp³-hybridized carbons (Fsp3) is 0.125. The number of halogens is 16. The number of aromatic amines is 2. The van der Waals surface area contributed by atoms with Crippen molar-refractivity contribution in [3.05, 3.63) is 157 Å². The van der Waals surface area contributed by atoms with Crippen LogP contribution < -0.4 is 4.74 Å². The molecule has 2 aliphatic rings. The molecule has 2 N–H and O–H groups in total. The second kappa shape index (κ2) is 16.8. The van der Waals surface area contributed by atoms with Gasteiger partial charge in [0.05, 0.1) is 44.7 Å². The first kappa shape index (κ1) is 47.4. The lowest BCUT2D eigenvalue weighted by molar-refractivity contribution is -0.0464. The van der Waals surface area contributed by atoms with Crippen molar-refractivity contribution < 1.29 is 79.7 Å². The number of ether oxygens (including phenoxy) is 2. The molecular formula is C48H24F16N4O2. The first-order valence-electron chi connectivity index (χ1n) is 20.0. The van der Waals surface area contributed by atoms with Gasteiger partial charge in [-0.1, -0.05) is 0 Å². The maximum absolute atomic E-state index is 16.3. The van der Waals surface area contributed by atoms with Crippen LogP contribution in [0.2, 0.25) is 0 Å². The Morgan fingerprint density at radius 2 is 0.643 bits per heavy atom. The van der Waals surface area contributed by atoms with E-state index in [0.29, 0.717) is 27.7 Å². The lowest BCUT2D eigenvalue weighted by Gasteiger charge is -2.15. The average molecular weight is 993 g/mol. The number of H-pyrrole nitrogens is 2. The Bertz CT molecular complexity index is 3600. The van der Waals surface area contributed by atoms with E-state index in [4.69, 9.17) is 9.47 Å². The van der Waals surface area contributed by atoms with E-state index in [0.717, 1.165) is 43.5 Å². The van der Waals surface area contributed by atoms with Crippen molar-refractivity contribution >= 4 is 34.2 Å². The second-order valence-corrected chi connectivity index (χ2v) is 15.8. The number of aromatic nitrogens is 4. The van der Waals surface area contributed by atoms with Gasteiger partial charge in [0.2, 0.25) is 12.2 Å². The van der Waals surface area contributed by atoms with E-state index in [9.17, 15) is 0 Å². The lowest BCUT2D eigenvalue weighted by Crippen LogP contribution is -2.09. The van der Waals surface area contributed by atoms with E-state index in [2.05, 4.69) is 19.9 Å². The molecule has 5 heterocycles. The molecule has 8 bridgehead atoms. The van der Waals surface area contributed by atoms with Crippen molar-refractivity contribution in [2.45, 2.75) is 34.0 Å². The van der Waals surface area contributed by atoms with Gasteiger partial charge < -0.3 is 19.4 Å². The lowest BCUT2D eigenvalue weighted by atomic mass is 9.99. The normalized spacial score (nSPS) is 13.5. The van der Waals surface area contributed by atoms with Crippen molar-refractivity contribution in [2.75, 3.05) is 7.11 Å². The van der Waals surface area contributed by atoms with Crippen LogP contribution in [-0.2, 0) is 4.74 Å². The number of benzene rings is 4. The Morgan fingerprint density at radius 3 is 0.957 bits per heavy atom. The highest BCUT2D eigenvalue weighted by molar-refractivity contribution is 5.98. The number of fused-ring (bicyclic) bond motifs is 8. The third-order valence-corrected chi connectivity index (χ3v) is 11.9. The van der Waals surface area contributed by atoms with Gasteiger partial charge in [-0.3, -0.25) is 0 Å². The molecule has 9 rings (SSSR count). The van der Waals surface area contributed by atoms with Gasteiger partial charge in [0, 0.05) is 62.6 Å². The second-order valence-electron chi connectivity index (χ2n) is 15.8. The topological polar surface area (TPSA) is 75.8 Å². The average Bonchev–Trinajstić information content (AvgIpc) is 4.20. The molecule has 22 heteroatoms. The largest absolute Gasteiger partial charge is 0.441 e. The summed E-state index contributed by atoms with van der Waals surface area (Å²) in [6.07, 6.45) is -0.568. The molecule has 1 atom stereocenters. The molecule has 0 spiro atoms. The van der Waals surface area contributed by atoms with Crippen molar-refractivity contribution in [2.24, 2.45) is 0 Å². The summed E-state index contributed by atoms with van der Waals surface area (Å²) in [7, 11) is 0.839. The Labute approximate surface area is 381 Å². The molecule has 1 unspecified atom stereocenters. The summed E-state index contributed by atoms with van der Waals surface area (Å²) in [6, 6.07) is 3.27. The zero-order valence-corrected chi connectivity index (χ0v) is 35.8. The van der Waals surface area contributed by atoms with Crippen LogP contribution in [0.4, 0.5) is 70.2 Å². The highest BCUT2D eigenvalue weighted by atomic mass is 19.2. The van der Waals surface area contributed by atoms with Gasteiger partial charge in [-0.15, -0.1) is 0 Å². The molecule has 0 aliphatic carbocycles. The molecule has 6 nitrogen and oxygen atoms in total. The summed E-state index contributed by atoms with van der Waals surface area (Å²) in [5, 5.41) is 0. The van der Waals surface area contributed by atoms with Crippen LogP contribution >= 0.6 is 0 Å². The van der Waals surface area contributed by atoms with Crippen molar-refractivity contribution in [1.29, 1.82) is 0 Å². The van der Waals surface area contributed by atoms with Gasteiger partial charge in [-0.25, -0.2) is 80.2 Å². The van der Waals surface area contributed by atoms with Crippen LogP contribution in [0.3, 0.4) is 0 Å². The van der Waals surface area contributed by atoms with Crippen LogP contribution in [0.25, 0.3) is 78.7 Å². The van der Waals surface area contributed by atoms with Crippen LogP contribution in [0.1, 0.15) is 45.6 Å². The van der Waals surface area contributed by atoms with E-state index >= 15 is 70.2 Å². The fourth-order valence-corrected chi connectivity index (χ4v) is 8.21. The standard InChI is InChI=1S/C48H24F16N4O2/c1-12-30(49)38(57)26(39(58)31(12)50)22-16-6-7-17(65-16)23(27-40(59)32(51)13(2)33(52)41(27)60)19-9-11-21(67-19)25(29-44(63)36(55)15(4)37(56)45(29)64)47-68-46(48(69-5)70-47)24(20-10-8-18(22)66-20)28-42(61)34(53)14(3)35(54)43(28)62/h6-11,48,66-67H,1-5H3. The number of hydrogen-bond acceptors (Lipinski definition) is 4. The van der Waals surface area contributed by atoms with Crippen LogP contribution in [-0.4, -0.2) is 27.0 Å². The first-order chi connectivity index (χ1) is 33.0. The van der Waals surface area contributed by atoms with Gasteiger partial charge in [-0.05, 0) is 64.1 Å². The zero-order valence-electron chi connectivity index (χ0n) is 35.8. The van der Waals surface area contributed by atoms with E-state index in [1.165, 1.54) is 0 Å². The Morgan fingerprint density at radius 1 is 0.371 bits per heavy atom. The van der Waals surface area contributed by atoms with Crippen molar-refractivity contribution in [3.8, 4) is 50.4 Å². The molecule has 2 aliphatic heterocycles. The molecular weight excluding hydrogens is 969 g/mol. The number of methoxy groups -OCH3 is 1. The van der Waals surface area contributed by atoms with Crippen LogP contribution in [0, 0.1) is 121 Å². The SMILES string of the molecule is COC1Oc2nc1c(-c1c(F)c(F)c(C)c(F)c1F)c1ccc([nH]1)c(-c1c(F)c(F)c(C)c(F)c1F)c1nc(c(-c3c(F)c(F)c(C)c(F)c3F)c3ccc([nH]3)c2-c2c(F)c(F)c(C)c(F)c2F)C=C1. The molecule has 0 saturated heterocycles. The van der Waals surface area contributed by atoms with Crippen LogP contribution in [0.15, 0.2) is 24.3 Å². The summed E-state index contributed by atoms with van der Waals surface area (Å²) in [6.45, 7) is 2.67. The third kappa shape index (κ3) is 6.77. The summed E-state index contributed by atoms with van der Waals surface area (Å²) < 4.78 is 264. The predicted octanol–water partition coefficient (Wildman–Crippen LogP) is 14.3. The van der Waals surface area contributed by atoms with Gasteiger partial charge in [-0.2, -0.15) is 0 Å². The maximum atomic E-state index is 16.3.